The minimum Gasteiger partial charge on any atom is -0.508 e. The number of fused-ring (bicyclic) bond motifs is 1. The highest BCUT2D eigenvalue weighted by molar-refractivity contribution is 6.30. The number of para-hydroxylation sites is 1. The van der Waals surface area contributed by atoms with E-state index in [4.69, 9.17) is 21.1 Å². The van der Waals surface area contributed by atoms with E-state index in [1.54, 1.807) is 12.1 Å². The van der Waals surface area contributed by atoms with Gasteiger partial charge in [-0.05, 0) is 60.4 Å². The van der Waals surface area contributed by atoms with E-state index < -0.39 is 5.97 Å². The fraction of sp³-hybridized carbons (Fsp3) is 0.160. The lowest BCUT2D eigenvalue weighted by atomic mass is 9.79. The normalized spacial score (nSPS) is 15.5. The Hall–Kier alpha value is -3.24. The Morgan fingerprint density at radius 2 is 1.80 bits per heavy atom. The maximum atomic E-state index is 12.9. The summed E-state index contributed by atoms with van der Waals surface area (Å²) in [6, 6.07) is 22.0. The zero-order valence-electron chi connectivity index (χ0n) is 16.5. The number of methoxy groups -OCH3 is 1. The first-order valence-corrected chi connectivity index (χ1v) is 10.0. The molecular formula is C25H21ClO4. The lowest BCUT2D eigenvalue weighted by Gasteiger charge is -2.29. The van der Waals surface area contributed by atoms with Gasteiger partial charge in [0.05, 0.1) is 12.7 Å². The van der Waals surface area contributed by atoms with E-state index in [9.17, 15) is 9.90 Å². The summed E-state index contributed by atoms with van der Waals surface area (Å²) in [5, 5.41) is 10.7. The molecule has 3 aromatic carbocycles. The van der Waals surface area contributed by atoms with Gasteiger partial charge in [0.15, 0.2) is 0 Å². The molecule has 3 aromatic rings. The number of hydrogen-bond acceptors (Lipinski definition) is 4. The molecule has 0 bridgehead atoms. The fourth-order valence-corrected chi connectivity index (χ4v) is 3.94. The summed E-state index contributed by atoms with van der Waals surface area (Å²) in [6.45, 7) is 0. The van der Waals surface area contributed by atoms with Crippen LogP contribution in [-0.2, 0) is 22.4 Å². The van der Waals surface area contributed by atoms with Crippen LogP contribution in [0.4, 0.5) is 0 Å². The van der Waals surface area contributed by atoms with E-state index in [0.717, 1.165) is 11.1 Å². The Labute approximate surface area is 180 Å². The van der Waals surface area contributed by atoms with Crippen LogP contribution in [0.1, 0.15) is 16.7 Å². The number of ether oxygens (including phenoxy) is 2. The molecule has 0 spiro atoms. The first-order valence-electron chi connectivity index (χ1n) is 9.67. The van der Waals surface area contributed by atoms with E-state index in [-0.39, 0.29) is 11.7 Å². The van der Waals surface area contributed by atoms with Crippen molar-refractivity contribution >= 4 is 23.3 Å². The van der Waals surface area contributed by atoms with Gasteiger partial charge < -0.3 is 14.6 Å². The molecule has 1 aliphatic carbocycles. The van der Waals surface area contributed by atoms with E-state index in [2.05, 4.69) is 0 Å². The zero-order chi connectivity index (χ0) is 21.1. The molecule has 152 valence electrons. The Bertz CT molecular complexity index is 1090. The number of aromatic hydroxyl groups is 1. The van der Waals surface area contributed by atoms with E-state index in [1.165, 1.54) is 7.11 Å². The second-order valence-electron chi connectivity index (χ2n) is 7.22. The van der Waals surface area contributed by atoms with E-state index in [0.29, 0.717) is 40.5 Å². The van der Waals surface area contributed by atoms with Gasteiger partial charge in [-0.25, -0.2) is 4.79 Å². The predicted molar refractivity (Wildman–Crippen MR) is 116 cm³/mol. The highest BCUT2D eigenvalue weighted by Crippen LogP contribution is 2.40. The van der Waals surface area contributed by atoms with Crippen molar-refractivity contribution in [1.29, 1.82) is 0 Å². The molecular weight excluding hydrogens is 400 g/mol. The average Bonchev–Trinajstić information content (AvgIpc) is 2.76. The standard InChI is InChI=1S/C25H21ClO4/c1-29-25(28)23-18(13-16-7-10-19(26)11-8-16)14-17-9-12-20(27)15-22(17)24(23)30-21-5-3-2-4-6-21/h2-12,15,18,27H,13-14H2,1H3. The van der Waals surface area contributed by atoms with Crippen molar-refractivity contribution < 1.29 is 19.4 Å². The van der Waals surface area contributed by atoms with Gasteiger partial charge in [0.2, 0.25) is 0 Å². The topological polar surface area (TPSA) is 55.8 Å². The quantitative estimate of drug-likeness (QED) is 0.559. The van der Waals surface area contributed by atoms with Crippen LogP contribution in [0, 0.1) is 5.92 Å². The van der Waals surface area contributed by atoms with Crippen molar-refractivity contribution in [3.63, 3.8) is 0 Å². The van der Waals surface area contributed by atoms with Gasteiger partial charge in [0.1, 0.15) is 17.3 Å². The molecule has 1 N–H and O–H groups in total. The number of esters is 1. The molecule has 0 aliphatic heterocycles. The van der Waals surface area contributed by atoms with Crippen LogP contribution in [-0.4, -0.2) is 18.2 Å². The summed E-state index contributed by atoms with van der Waals surface area (Å²) in [5.41, 5.74) is 3.23. The largest absolute Gasteiger partial charge is 0.508 e. The summed E-state index contributed by atoms with van der Waals surface area (Å²) >= 11 is 6.02. The van der Waals surface area contributed by atoms with Gasteiger partial charge in [0.25, 0.3) is 0 Å². The average molecular weight is 421 g/mol. The van der Waals surface area contributed by atoms with Gasteiger partial charge in [0, 0.05) is 16.5 Å². The number of carbonyl (C=O) groups is 1. The molecule has 0 saturated carbocycles. The van der Waals surface area contributed by atoms with Gasteiger partial charge in [-0.15, -0.1) is 0 Å². The molecule has 0 amide bonds. The first kappa shape index (κ1) is 20.0. The second kappa shape index (κ2) is 8.64. The van der Waals surface area contributed by atoms with Gasteiger partial charge in [-0.1, -0.05) is 48.0 Å². The second-order valence-corrected chi connectivity index (χ2v) is 7.66. The van der Waals surface area contributed by atoms with Crippen LogP contribution >= 0.6 is 11.6 Å². The van der Waals surface area contributed by atoms with Crippen molar-refractivity contribution in [2.75, 3.05) is 7.11 Å². The Morgan fingerprint density at radius 3 is 2.50 bits per heavy atom. The molecule has 0 radical (unpaired) electrons. The number of carbonyl (C=O) groups excluding carboxylic acids is 1. The Kier molecular flexibility index (Phi) is 5.77. The van der Waals surface area contributed by atoms with Gasteiger partial charge in [-0.3, -0.25) is 0 Å². The van der Waals surface area contributed by atoms with E-state index >= 15 is 0 Å². The smallest absolute Gasteiger partial charge is 0.337 e. The molecule has 4 nitrogen and oxygen atoms in total. The number of hydrogen-bond donors (Lipinski definition) is 1. The Balaban J connectivity index is 1.84. The molecule has 30 heavy (non-hydrogen) atoms. The Morgan fingerprint density at radius 1 is 1.07 bits per heavy atom. The number of halogens is 1. The molecule has 0 heterocycles. The van der Waals surface area contributed by atoms with Gasteiger partial charge in [-0.2, -0.15) is 0 Å². The maximum Gasteiger partial charge on any atom is 0.337 e. The third-order valence-corrected chi connectivity index (χ3v) is 5.47. The van der Waals surface area contributed by atoms with Crippen molar-refractivity contribution in [3.8, 4) is 11.5 Å². The van der Waals surface area contributed by atoms with Crippen LogP contribution in [0.2, 0.25) is 5.02 Å². The predicted octanol–water partition coefficient (Wildman–Crippen LogP) is 5.42. The summed E-state index contributed by atoms with van der Waals surface area (Å²) in [5.74, 6) is 0.561. The maximum absolute atomic E-state index is 12.9. The van der Waals surface area contributed by atoms with E-state index in [1.807, 2.05) is 60.7 Å². The molecule has 1 aliphatic rings. The van der Waals surface area contributed by atoms with Crippen LogP contribution in [0.5, 0.6) is 11.5 Å². The molecule has 0 aromatic heterocycles. The molecule has 0 fully saturated rings. The SMILES string of the molecule is COC(=O)C1=C(Oc2ccccc2)c2cc(O)ccc2CC1Cc1ccc(Cl)cc1. The van der Waals surface area contributed by atoms with Crippen LogP contribution in [0.15, 0.2) is 78.4 Å². The van der Waals surface area contributed by atoms with Crippen LogP contribution < -0.4 is 4.74 Å². The molecule has 1 unspecified atom stereocenters. The number of phenols is 1. The molecule has 4 rings (SSSR count). The monoisotopic (exact) mass is 420 g/mol. The summed E-state index contributed by atoms with van der Waals surface area (Å²) in [6.07, 6.45) is 1.26. The first-order chi connectivity index (χ1) is 14.5. The highest BCUT2D eigenvalue weighted by Gasteiger charge is 2.34. The summed E-state index contributed by atoms with van der Waals surface area (Å²) in [7, 11) is 1.37. The number of phenolic OH excluding ortho intramolecular Hbond substituents is 1. The van der Waals surface area contributed by atoms with Crippen LogP contribution in [0.25, 0.3) is 5.76 Å². The molecule has 5 heteroatoms. The van der Waals surface area contributed by atoms with Crippen LogP contribution in [0.3, 0.4) is 0 Å². The van der Waals surface area contributed by atoms with Crippen molar-refractivity contribution in [2.24, 2.45) is 5.92 Å². The third-order valence-electron chi connectivity index (χ3n) is 5.22. The lowest BCUT2D eigenvalue weighted by molar-refractivity contribution is -0.136. The molecule has 1 atom stereocenters. The summed E-state index contributed by atoms with van der Waals surface area (Å²) in [4.78, 5) is 12.9. The van der Waals surface area contributed by atoms with Crippen molar-refractivity contribution in [1.82, 2.24) is 0 Å². The lowest BCUT2D eigenvalue weighted by Crippen LogP contribution is -2.26. The number of rotatable bonds is 5. The van der Waals surface area contributed by atoms with Crippen molar-refractivity contribution in [3.05, 3.63) is 100 Å². The minimum absolute atomic E-state index is 0.114. The minimum atomic E-state index is -0.436. The molecule has 0 saturated heterocycles. The number of benzene rings is 3. The summed E-state index contributed by atoms with van der Waals surface area (Å²) < 4.78 is 11.3. The third kappa shape index (κ3) is 4.19. The zero-order valence-corrected chi connectivity index (χ0v) is 17.2. The highest BCUT2D eigenvalue weighted by atomic mass is 35.5. The van der Waals surface area contributed by atoms with Gasteiger partial charge >= 0.3 is 5.97 Å². The van der Waals surface area contributed by atoms with Crippen molar-refractivity contribution in [2.45, 2.75) is 12.8 Å². The fourth-order valence-electron chi connectivity index (χ4n) is 3.82.